The zero-order valence-corrected chi connectivity index (χ0v) is 22.5. The van der Waals surface area contributed by atoms with Gasteiger partial charge in [0.05, 0.1) is 17.5 Å². The summed E-state index contributed by atoms with van der Waals surface area (Å²) in [5.41, 5.74) is 2.16. The number of likely N-dealkylation sites (N-methyl/N-ethyl adjacent to an activating group) is 1. The molecule has 1 fully saturated rings. The second-order valence-corrected chi connectivity index (χ2v) is 11.4. The van der Waals surface area contributed by atoms with E-state index in [-0.39, 0.29) is 40.9 Å². The van der Waals surface area contributed by atoms with E-state index in [1.165, 1.54) is 62.5 Å². The van der Waals surface area contributed by atoms with Gasteiger partial charge in [0.15, 0.2) is 0 Å². The van der Waals surface area contributed by atoms with Gasteiger partial charge in [-0.15, -0.1) is 0 Å². The van der Waals surface area contributed by atoms with Gasteiger partial charge in [0.25, 0.3) is 0 Å². The molecule has 8 nitrogen and oxygen atoms in total. The third-order valence-corrected chi connectivity index (χ3v) is 8.46. The first-order valence-electron chi connectivity index (χ1n) is 12.4. The lowest BCUT2D eigenvalue weighted by atomic mass is 9.96. The summed E-state index contributed by atoms with van der Waals surface area (Å²) in [5.74, 6) is -1.30. The number of hydrogen-bond acceptors (Lipinski definition) is 5. The third-order valence-electron chi connectivity index (χ3n) is 6.64. The van der Waals surface area contributed by atoms with Crippen molar-refractivity contribution < 1.29 is 26.8 Å². The molecule has 1 aliphatic heterocycles. The average Bonchev–Trinajstić information content (AvgIpc) is 2.91. The number of nitrogens with zero attached hydrogens (tertiary/aromatic N) is 3. The molecule has 1 heterocycles. The number of nitrogens with one attached hydrogen (secondary N) is 1. The predicted octanol–water partition coefficient (Wildman–Crippen LogP) is 3.48. The van der Waals surface area contributed by atoms with Crippen LogP contribution in [0, 0.1) is 11.6 Å². The van der Waals surface area contributed by atoms with E-state index in [0.717, 1.165) is 15.4 Å². The van der Waals surface area contributed by atoms with E-state index in [9.17, 15) is 26.8 Å². The number of sulfonamides is 1. The molecule has 0 bridgehead atoms. The van der Waals surface area contributed by atoms with Crippen LogP contribution >= 0.6 is 0 Å². The number of carbonyl (C=O) groups is 2. The largest absolute Gasteiger partial charge is 0.339 e. The highest BCUT2D eigenvalue weighted by molar-refractivity contribution is 7.89. The average molecular weight is 557 g/mol. The molecular weight excluding hydrogens is 526 g/mol. The Hall–Kier alpha value is -3.67. The maximum absolute atomic E-state index is 13.6. The summed E-state index contributed by atoms with van der Waals surface area (Å²) in [4.78, 5) is 28.0. The molecule has 0 aliphatic carbocycles. The van der Waals surface area contributed by atoms with Gasteiger partial charge in [-0.2, -0.15) is 4.31 Å². The van der Waals surface area contributed by atoms with E-state index in [4.69, 9.17) is 0 Å². The van der Waals surface area contributed by atoms with Crippen LogP contribution in [-0.2, 0) is 19.6 Å². The number of benzene rings is 3. The fourth-order valence-electron chi connectivity index (χ4n) is 4.60. The second-order valence-electron chi connectivity index (χ2n) is 9.39. The Labute approximate surface area is 226 Å². The van der Waals surface area contributed by atoms with Crippen LogP contribution in [0.15, 0.2) is 77.7 Å². The van der Waals surface area contributed by atoms with Gasteiger partial charge < -0.3 is 10.2 Å². The summed E-state index contributed by atoms with van der Waals surface area (Å²) >= 11 is 0. The number of anilines is 1. The summed E-state index contributed by atoms with van der Waals surface area (Å²) in [6, 6.07) is 17.8. The summed E-state index contributed by atoms with van der Waals surface area (Å²) in [7, 11) is -2.57. The standard InChI is InChI=1S/C28H30F2N4O4S/c1-20(35)31-25-11-13-26(14-12-25)39(37,38)32(2)19-27(36)33-15-17-34(18-16-33)28(21-3-7-23(29)8-4-21)22-5-9-24(30)10-6-22/h3-14,28H,15-19H2,1-2H3,(H,31,35). The van der Waals surface area contributed by atoms with E-state index >= 15 is 0 Å². The van der Waals surface area contributed by atoms with Crippen LogP contribution in [0.3, 0.4) is 0 Å². The van der Waals surface area contributed by atoms with Crippen molar-refractivity contribution in [1.29, 1.82) is 0 Å². The fourth-order valence-corrected chi connectivity index (χ4v) is 5.72. The predicted molar refractivity (Wildman–Crippen MR) is 143 cm³/mol. The van der Waals surface area contributed by atoms with E-state index < -0.39 is 10.0 Å². The van der Waals surface area contributed by atoms with Crippen LogP contribution < -0.4 is 5.32 Å². The molecule has 11 heteroatoms. The number of amides is 2. The third kappa shape index (κ3) is 6.86. The molecule has 0 radical (unpaired) electrons. The smallest absolute Gasteiger partial charge is 0.243 e. The highest BCUT2D eigenvalue weighted by atomic mass is 32.2. The van der Waals surface area contributed by atoms with Crippen molar-refractivity contribution in [2.75, 3.05) is 45.1 Å². The molecule has 1 saturated heterocycles. The van der Waals surface area contributed by atoms with E-state index in [2.05, 4.69) is 10.2 Å². The number of rotatable bonds is 8. The zero-order valence-electron chi connectivity index (χ0n) is 21.7. The first-order valence-corrected chi connectivity index (χ1v) is 13.9. The Morgan fingerprint density at radius 3 is 1.79 bits per heavy atom. The molecule has 0 saturated carbocycles. The van der Waals surface area contributed by atoms with Gasteiger partial charge in [0, 0.05) is 45.8 Å². The van der Waals surface area contributed by atoms with Crippen LogP contribution in [0.25, 0.3) is 0 Å². The number of halogens is 2. The molecule has 0 atom stereocenters. The van der Waals surface area contributed by atoms with Crippen molar-refractivity contribution in [3.63, 3.8) is 0 Å². The normalized spacial score (nSPS) is 14.6. The molecule has 4 rings (SSSR count). The van der Waals surface area contributed by atoms with Crippen LogP contribution in [0.5, 0.6) is 0 Å². The number of hydrogen-bond donors (Lipinski definition) is 1. The molecule has 206 valence electrons. The fraction of sp³-hybridized carbons (Fsp3) is 0.286. The van der Waals surface area contributed by atoms with Gasteiger partial charge in [0.2, 0.25) is 21.8 Å². The van der Waals surface area contributed by atoms with Crippen LogP contribution in [0.1, 0.15) is 24.1 Å². The van der Waals surface area contributed by atoms with E-state index in [1.54, 1.807) is 29.2 Å². The minimum absolute atomic E-state index is 0.0122. The highest BCUT2D eigenvalue weighted by Gasteiger charge is 2.30. The van der Waals surface area contributed by atoms with Crippen molar-refractivity contribution in [2.24, 2.45) is 0 Å². The topological polar surface area (TPSA) is 90.0 Å². The Balaban J connectivity index is 1.41. The van der Waals surface area contributed by atoms with Crippen molar-refractivity contribution in [3.8, 4) is 0 Å². The van der Waals surface area contributed by atoms with Crippen LogP contribution in [-0.4, -0.2) is 74.1 Å². The lowest BCUT2D eigenvalue weighted by Crippen LogP contribution is -2.52. The maximum atomic E-state index is 13.6. The van der Waals surface area contributed by atoms with E-state index in [0.29, 0.717) is 31.9 Å². The van der Waals surface area contributed by atoms with Gasteiger partial charge in [-0.1, -0.05) is 24.3 Å². The molecule has 2 amide bonds. The SMILES string of the molecule is CC(=O)Nc1ccc(S(=O)(=O)N(C)CC(=O)N2CCN(C(c3ccc(F)cc3)c3ccc(F)cc3)CC2)cc1. The molecule has 0 spiro atoms. The minimum Gasteiger partial charge on any atom is -0.339 e. The van der Waals surface area contributed by atoms with Crippen molar-refractivity contribution in [2.45, 2.75) is 17.9 Å². The molecule has 1 aliphatic rings. The van der Waals surface area contributed by atoms with E-state index in [1.807, 2.05) is 0 Å². The zero-order chi connectivity index (χ0) is 28.2. The lowest BCUT2D eigenvalue weighted by Gasteiger charge is -2.40. The molecule has 1 N–H and O–H groups in total. The summed E-state index contributed by atoms with van der Waals surface area (Å²) in [6.45, 7) is 2.76. The molecule has 0 unspecified atom stereocenters. The monoisotopic (exact) mass is 556 g/mol. The number of carbonyl (C=O) groups excluding carboxylic acids is 2. The second kappa shape index (κ2) is 12.0. The number of piperazine rings is 1. The first kappa shape index (κ1) is 28.3. The highest BCUT2D eigenvalue weighted by Crippen LogP contribution is 2.30. The molecule has 0 aromatic heterocycles. The summed E-state index contributed by atoms with van der Waals surface area (Å²) in [6.07, 6.45) is 0. The van der Waals surface area contributed by atoms with Crippen molar-refractivity contribution in [3.05, 3.63) is 95.6 Å². The quantitative estimate of drug-likeness (QED) is 0.459. The van der Waals surface area contributed by atoms with Gasteiger partial charge >= 0.3 is 0 Å². The summed E-state index contributed by atoms with van der Waals surface area (Å²) in [5, 5.41) is 2.58. The molecular formula is C28H30F2N4O4S. The molecule has 39 heavy (non-hydrogen) atoms. The Morgan fingerprint density at radius 2 is 1.33 bits per heavy atom. The Morgan fingerprint density at radius 1 is 0.846 bits per heavy atom. The molecule has 3 aromatic rings. The van der Waals surface area contributed by atoms with Crippen molar-refractivity contribution >= 4 is 27.5 Å². The lowest BCUT2D eigenvalue weighted by molar-refractivity contribution is -0.133. The minimum atomic E-state index is -3.92. The van der Waals surface area contributed by atoms with Gasteiger partial charge in [-0.3, -0.25) is 14.5 Å². The molecule has 3 aromatic carbocycles. The van der Waals surface area contributed by atoms with Gasteiger partial charge in [-0.25, -0.2) is 17.2 Å². The van der Waals surface area contributed by atoms with Gasteiger partial charge in [-0.05, 0) is 59.7 Å². The van der Waals surface area contributed by atoms with Gasteiger partial charge in [0.1, 0.15) is 11.6 Å². The van der Waals surface area contributed by atoms with Crippen LogP contribution in [0.2, 0.25) is 0 Å². The Kier molecular flexibility index (Phi) is 8.73. The Bertz CT molecular complexity index is 1360. The maximum Gasteiger partial charge on any atom is 0.243 e. The summed E-state index contributed by atoms with van der Waals surface area (Å²) < 4.78 is 54.2. The first-order chi connectivity index (χ1) is 18.5. The van der Waals surface area contributed by atoms with Crippen molar-refractivity contribution in [1.82, 2.24) is 14.1 Å². The van der Waals surface area contributed by atoms with Crippen LogP contribution in [0.4, 0.5) is 14.5 Å².